The van der Waals surface area contributed by atoms with E-state index in [0.717, 1.165) is 45.6 Å². The number of piperidine rings is 2. The van der Waals surface area contributed by atoms with E-state index in [2.05, 4.69) is 53.5 Å². The highest BCUT2D eigenvalue weighted by Gasteiger charge is 2.39. The lowest BCUT2D eigenvalue weighted by Crippen LogP contribution is -2.50. The molecule has 1 N–H and O–H groups in total. The lowest BCUT2D eigenvalue weighted by molar-refractivity contribution is -0.139. The summed E-state index contributed by atoms with van der Waals surface area (Å²) in [6.45, 7) is 4.81. The third-order valence-electron chi connectivity index (χ3n) is 5.38. The molecule has 2 fully saturated rings. The first kappa shape index (κ1) is 16.5. The monoisotopic (exact) mass is 315 g/mol. The van der Waals surface area contributed by atoms with E-state index in [-0.39, 0.29) is 0 Å². The van der Waals surface area contributed by atoms with Crippen molar-refractivity contribution in [2.75, 3.05) is 33.7 Å². The fourth-order valence-electron chi connectivity index (χ4n) is 4.02. The van der Waals surface area contributed by atoms with Gasteiger partial charge in [0.1, 0.15) is 0 Å². The van der Waals surface area contributed by atoms with E-state index in [4.69, 9.17) is 0 Å². The summed E-state index contributed by atoms with van der Waals surface area (Å²) in [6, 6.07) is 8.54. The van der Waals surface area contributed by atoms with Gasteiger partial charge in [0.2, 0.25) is 5.91 Å². The maximum atomic E-state index is 12.5. The van der Waals surface area contributed by atoms with Crippen molar-refractivity contribution < 1.29 is 4.79 Å². The van der Waals surface area contributed by atoms with Gasteiger partial charge in [0, 0.05) is 26.1 Å². The smallest absolute Gasteiger partial charge is 0.222 e. The highest BCUT2D eigenvalue weighted by molar-refractivity contribution is 5.77. The summed E-state index contributed by atoms with van der Waals surface area (Å²) in [5.41, 5.74) is 2.98. The van der Waals surface area contributed by atoms with Gasteiger partial charge in [-0.1, -0.05) is 24.3 Å². The van der Waals surface area contributed by atoms with Gasteiger partial charge in [-0.05, 0) is 63.0 Å². The molecule has 2 aliphatic rings. The molecule has 0 aliphatic carbocycles. The topological polar surface area (TPSA) is 35.6 Å². The average Bonchev–Trinajstić information content (AvgIpc) is 2.53. The first-order valence-corrected chi connectivity index (χ1v) is 8.78. The number of likely N-dealkylation sites (tertiary alicyclic amines) is 1. The molecule has 0 atom stereocenters. The standard InChI is InChI=1S/C19H29N3O/c1-21(2)13-16-5-3-4-6-17(16)14-22-15-19(8-7-18(22)23)9-11-20-12-10-19/h3-6,20H,7-15H2,1-2H3. The maximum absolute atomic E-state index is 12.5. The number of carbonyl (C=O) groups excluding carboxylic acids is 1. The molecule has 1 spiro atoms. The molecule has 0 unspecified atom stereocenters. The molecular weight excluding hydrogens is 286 g/mol. The third kappa shape index (κ3) is 3.93. The maximum Gasteiger partial charge on any atom is 0.222 e. The van der Waals surface area contributed by atoms with Gasteiger partial charge in [0.05, 0.1) is 0 Å². The molecule has 1 aromatic carbocycles. The van der Waals surface area contributed by atoms with Crippen LogP contribution in [-0.2, 0) is 17.9 Å². The van der Waals surface area contributed by atoms with E-state index in [1.165, 1.54) is 24.0 Å². The second-order valence-electron chi connectivity index (χ2n) is 7.51. The van der Waals surface area contributed by atoms with Crippen LogP contribution < -0.4 is 5.32 Å². The zero-order valence-electron chi connectivity index (χ0n) is 14.5. The molecule has 2 aliphatic heterocycles. The van der Waals surface area contributed by atoms with E-state index in [0.29, 0.717) is 11.3 Å². The molecule has 3 rings (SSSR count). The second kappa shape index (κ2) is 7.02. The van der Waals surface area contributed by atoms with Crippen LogP contribution in [0.3, 0.4) is 0 Å². The van der Waals surface area contributed by atoms with Crippen LogP contribution in [0.2, 0.25) is 0 Å². The van der Waals surface area contributed by atoms with Gasteiger partial charge < -0.3 is 15.1 Å². The average molecular weight is 315 g/mol. The van der Waals surface area contributed by atoms with Crippen molar-refractivity contribution in [3.63, 3.8) is 0 Å². The molecule has 126 valence electrons. The fourth-order valence-corrected chi connectivity index (χ4v) is 4.02. The van der Waals surface area contributed by atoms with Crippen molar-refractivity contribution in [3.8, 4) is 0 Å². The number of rotatable bonds is 4. The quantitative estimate of drug-likeness (QED) is 0.925. The Hall–Kier alpha value is -1.39. The summed E-state index contributed by atoms with van der Waals surface area (Å²) in [5.74, 6) is 0.328. The highest BCUT2D eigenvalue weighted by atomic mass is 16.2. The predicted molar refractivity (Wildman–Crippen MR) is 93.0 cm³/mol. The first-order chi connectivity index (χ1) is 11.1. The van der Waals surface area contributed by atoms with Crippen LogP contribution in [0.1, 0.15) is 36.8 Å². The molecule has 23 heavy (non-hydrogen) atoms. The van der Waals surface area contributed by atoms with Gasteiger partial charge in [-0.3, -0.25) is 4.79 Å². The molecular formula is C19H29N3O. The number of hydrogen-bond donors (Lipinski definition) is 1. The number of amides is 1. The van der Waals surface area contributed by atoms with Gasteiger partial charge in [0.15, 0.2) is 0 Å². The van der Waals surface area contributed by atoms with E-state index < -0.39 is 0 Å². The number of nitrogens with one attached hydrogen (secondary N) is 1. The van der Waals surface area contributed by atoms with Crippen LogP contribution in [-0.4, -0.2) is 49.4 Å². The fraction of sp³-hybridized carbons (Fsp3) is 0.632. The normalized spacial score (nSPS) is 21.2. The summed E-state index contributed by atoms with van der Waals surface area (Å²) in [7, 11) is 4.18. The molecule has 0 bridgehead atoms. The number of hydrogen-bond acceptors (Lipinski definition) is 3. The minimum atomic E-state index is 0.328. The van der Waals surface area contributed by atoms with Gasteiger partial charge in [0.25, 0.3) is 0 Å². The lowest BCUT2D eigenvalue weighted by Gasteiger charge is -2.45. The predicted octanol–water partition coefficient (Wildman–Crippen LogP) is 2.24. The number of carbonyl (C=O) groups is 1. The molecule has 0 radical (unpaired) electrons. The summed E-state index contributed by atoms with van der Waals surface area (Å²) in [6.07, 6.45) is 4.20. The summed E-state index contributed by atoms with van der Waals surface area (Å²) < 4.78 is 0. The molecule has 4 heteroatoms. The van der Waals surface area contributed by atoms with Crippen molar-refractivity contribution in [3.05, 3.63) is 35.4 Å². The summed E-state index contributed by atoms with van der Waals surface area (Å²) in [5, 5.41) is 3.45. The van der Waals surface area contributed by atoms with Crippen molar-refractivity contribution in [1.82, 2.24) is 15.1 Å². The van der Waals surface area contributed by atoms with Crippen molar-refractivity contribution in [1.29, 1.82) is 0 Å². The van der Waals surface area contributed by atoms with Crippen LogP contribution in [0.5, 0.6) is 0 Å². The largest absolute Gasteiger partial charge is 0.338 e. The Kier molecular flexibility index (Phi) is 5.02. The third-order valence-corrected chi connectivity index (χ3v) is 5.38. The first-order valence-electron chi connectivity index (χ1n) is 8.78. The van der Waals surface area contributed by atoms with Crippen molar-refractivity contribution in [2.45, 2.75) is 38.8 Å². The second-order valence-corrected chi connectivity index (χ2v) is 7.51. The van der Waals surface area contributed by atoms with E-state index in [1.807, 2.05) is 0 Å². The Morgan fingerprint density at radius 1 is 1.13 bits per heavy atom. The molecule has 4 nitrogen and oxygen atoms in total. The molecule has 0 aromatic heterocycles. The Bertz CT molecular complexity index is 549. The summed E-state index contributed by atoms with van der Waals surface area (Å²) >= 11 is 0. The molecule has 2 saturated heterocycles. The van der Waals surface area contributed by atoms with Crippen LogP contribution in [0.25, 0.3) is 0 Å². The SMILES string of the molecule is CN(C)Cc1ccccc1CN1CC2(CCNCC2)CCC1=O. The Morgan fingerprint density at radius 3 is 2.52 bits per heavy atom. The van der Waals surface area contributed by atoms with Crippen molar-refractivity contribution in [2.24, 2.45) is 5.41 Å². The number of benzene rings is 1. The van der Waals surface area contributed by atoms with Crippen LogP contribution in [0.15, 0.2) is 24.3 Å². The Morgan fingerprint density at radius 2 is 1.83 bits per heavy atom. The van der Waals surface area contributed by atoms with E-state index in [9.17, 15) is 4.79 Å². The Balaban J connectivity index is 1.74. The lowest BCUT2D eigenvalue weighted by atomic mass is 9.72. The number of nitrogens with zero attached hydrogens (tertiary/aromatic N) is 2. The van der Waals surface area contributed by atoms with Gasteiger partial charge >= 0.3 is 0 Å². The van der Waals surface area contributed by atoms with Crippen LogP contribution >= 0.6 is 0 Å². The highest BCUT2D eigenvalue weighted by Crippen LogP contribution is 2.39. The van der Waals surface area contributed by atoms with E-state index >= 15 is 0 Å². The van der Waals surface area contributed by atoms with Gasteiger partial charge in [-0.2, -0.15) is 0 Å². The minimum Gasteiger partial charge on any atom is -0.338 e. The van der Waals surface area contributed by atoms with Crippen LogP contribution in [0.4, 0.5) is 0 Å². The van der Waals surface area contributed by atoms with Crippen molar-refractivity contribution >= 4 is 5.91 Å². The Labute approximate surface area is 139 Å². The zero-order valence-corrected chi connectivity index (χ0v) is 14.5. The minimum absolute atomic E-state index is 0.328. The van der Waals surface area contributed by atoms with E-state index in [1.54, 1.807) is 0 Å². The molecule has 0 saturated carbocycles. The molecule has 1 amide bonds. The molecule has 2 heterocycles. The van der Waals surface area contributed by atoms with Gasteiger partial charge in [-0.15, -0.1) is 0 Å². The van der Waals surface area contributed by atoms with Crippen LogP contribution in [0, 0.1) is 5.41 Å². The zero-order chi connectivity index (χ0) is 16.3. The summed E-state index contributed by atoms with van der Waals surface area (Å²) in [4.78, 5) is 16.8. The molecule has 1 aromatic rings. The van der Waals surface area contributed by atoms with Gasteiger partial charge in [-0.25, -0.2) is 0 Å².